The molecule has 6 nitrogen and oxygen atoms in total. The first-order valence-electron chi connectivity index (χ1n) is 10.2. The molecule has 1 N–H and O–H groups in total. The van der Waals surface area contributed by atoms with Crippen molar-refractivity contribution in [3.05, 3.63) is 71.3 Å². The molecule has 3 aromatic heterocycles. The van der Waals surface area contributed by atoms with E-state index < -0.39 is 0 Å². The van der Waals surface area contributed by atoms with Gasteiger partial charge in [0, 0.05) is 37.6 Å². The number of hydrogen-bond donors (Lipinski definition) is 1. The topological polar surface area (TPSA) is 69.0 Å². The third-order valence-corrected chi connectivity index (χ3v) is 6.27. The van der Waals surface area contributed by atoms with Gasteiger partial charge in [-0.25, -0.2) is 4.98 Å². The molecule has 3 aromatic rings. The van der Waals surface area contributed by atoms with Crippen LogP contribution in [0.3, 0.4) is 0 Å². The number of ether oxygens (including phenoxy) is 1. The summed E-state index contributed by atoms with van der Waals surface area (Å²) >= 11 is 1.44. The lowest BCUT2D eigenvalue weighted by Gasteiger charge is -2.25. The van der Waals surface area contributed by atoms with Crippen LogP contribution in [0.15, 0.2) is 54.3 Å². The van der Waals surface area contributed by atoms with Gasteiger partial charge >= 0.3 is 0 Å². The van der Waals surface area contributed by atoms with Crippen molar-refractivity contribution in [1.29, 1.82) is 0 Å². The number of nitrogens with one attached hydrogen (secondary N) is 1. The van der Waals surface area contributed by atoms with Crippen molar-refractivity contribution in [1.82, 2.24) is 14.5 Å². The molecule has 4 rings (SSSR count). The second kappa shape index (κ2) is 9.82. The second-order valence-corrected chi connectivity index (χ2v) is 8.40. The van der Waals surface area contributed by atoms with Gasteiger partial charge in [0.25, 0.3) is 5.91 Å². The molecule has 3 heterocycles. The Labute approximate surface area is 180 Å². The number of thiazole rings is 1. The molecule has 0 aromatic carbocycles. The normalized spacial score (nSPS) is 19.2. The van der Waals surface area contributed by atoms with Crippen LogP contribution in [0.4, 0.5) is 5.13 Å². The highest BCUT2D eigenvalue weighted by atomic mass is 32.1. The van der Waals surface area contributed by atoms with Crippen molar-refractivity contribution in [2.24, 2.45) is 5.92 Å². The quantitative estimate of drug-likeness (QED) is 0.590. The molecule has 0 atom stereocenters. The van der Waals surface area contributed by atoms with Crippen LogP contribution in [0.5, 0.6) is 0 Å². The van der Waals surface area contributed by atoms with Gasteiger partial charge in [0.2, 0.25) is 0 Å². The number of anilines is 1. The van der Waals surface area contributed by atoms with Crippen LogP contribution in [0.25, 0.3) is 6.08 Å². The van der Waals surface area contributed by atoms with Crippen molar-refractivity contribution >= 4 is 28.5 Å². The van der Waals surface area contributed by atoms with E-state index in [1.54, 1.807) is 19.5 Å². The fourth-order valence-electron chi connectivity index (χ4n) is 3.78. The number of methoxy groups -OCH3 is 1. The number of amides is 1. The summed E-state index contributed by atoms with van der Waals surface area (Å²) in [5.41, 5.74) is 2.58. The maximum Gasteiger partial charge on any atom is 0.274 e. The Morgan fingerprint density at radius 2 is 2.07 bits per heavy atom. The minimum Gasteiger partial charge on any atom is -0.381 e. The van der Waals surface area contributed by atoms with Crippen LogP contribution in [0.2, 0.25) is 0 Å². The molecule has 1 aliphatic rings. The molecule has 0 bridgehead atoms. The van der Waals surface area contributed by atoms with Crippen molar-refractivity contribution in [3.63, 3.8) is 0 Å². The van der Waals surface area contributed by atoms with Gasteiger partial charge < -0.3 is 9.30 Å². The Hall–Kier alpha value is -2.77. The summed E-state index contributed by atoms with van der Waals surface area (Å²) in [6.45, 7) is 0.620. The molecule has 0 aliphatic heterocycles. The molecule has 1 saturated carbocycles. The number of nitrogens with zero attached hydrogens (tertiary/aromatic N) is 3. The van der Waals surface area contributed by atoms with E-state index in [1.165, 1.54) is 11.3 Å². The van der Waals surface area contributed by atoms with Gasteiger partial charge in [-0.3, -0.25) is 15.1 Å². The zero-order chi connectivity index (χ0) is 20.8. The van der Waals surface area contributed by atoms with Crippen molar-refractivity contribution in [2.75, 3.05) is 12.4 Å². The first-order chi connectivity index (χ1) is 14.7. The molecule has 156 valence electrons. The zero-order valence-corrected chi connectivity index (χ0v) is 17.8. The lowest BCUT2D eigenvalue weighted by molar-refractivity contribution is 0.0627. The van der Waals surface area contributed by atoms with Crippen molar-refractivity contribution in [2.45, 2.75) is 38.3 Å². The van der Waals surface area contributed by atoms with Crippen molar-refractivity contribution in [3.8, 4) is 0 Å². The Morgan fingerprint density at radius 3 is 2.83 bits per heavy atom. The molecule has 0 saturated heterocycles. The molecule has 0 unspecified atom stereocenters. The van der Waals surface area contributed by atoms with Gasteiger partial charge in [-0.15, -0.1) is 11.3 Å². The molecule has 30 heavy (non-hydrogen) atoms. The standard InChI is InChI=1S/C23H26N4O2S/c1-29-20-8-5-17(6-9-20)4-7-19-16-30-23(25-19)26-22(28)21-3-2-14-27(21)15-18-10-12-24-13-11-18/h2-4,7,10-14,16-17,20H,5-6,8-9,15H2,1H3,(H,25,26,28)/b7-4+/t17-,20+. The number of pyridine rings is 1. The first kappa shape index (κ1) is 20.5. The van der Waals surface area contributed by atoms with E-state index in [9.17, 15) is 4.79 Å². The van der Waals surface area contributed by atoms with E-state index in [1.807, 2.05) is 40.4 Å². The Kier molecular flexibility index (Phi) is 6.71. The van der Waals surface area contributed by atoms with Gasteiger partial charge in [0.1, 0.15) is 5.69 Å². The lowest BCUT2D eigenvalue weighted by atomic mass is 9.87. The number of aromatic nitrogens is 3. The smallest absolute Gasteiger partial charge is 0.274 e. The number of carbonyl (C=O) groups is 1. The van der Waals surface area contributed by atoms with Crippen LogP contribution in [-0.4, -0.2) is 33.7 Å². The molecular weight excluding hydrogens is 396 g/mol. The summed E-state index contributed by atoms with van der Waals surface area (Å²) in [7, 11) is 1.79. The van der Waals surface area contributed by atoms with Crippen LogP contribution in [0.1, 0.15) is 47.4 Å². The largest absolute Gasteiger partial charge is 0.381 e. The maximum absolute atomic E-state index is 12.8. The highest BCUT2D eigenvalue weighted by Crippen LogP contribution is 2.27. The molecule has 1 amide bonds. The van der Waals surface area contributed by atoms with Gasteiger partial charge in [0.15, 0.2) is 5.13 Å². The Balaban J connectivity index is 1.35. The predicted octanol–water partition coefficient (Wildman–Crippen LogP) is 4.86. The summed E-state index contributed by atoms with van der Waals surface area (Å²) in [6, 6.07) is 7.59. The van der Waals surface area contributed by atoms with Crippen LogP contribution in [-0.2, 0) is 11.3 Å². The van der Waals surface area contributed by atoms with E-state index in [0.29, 0.717) is 29.4 Å². The van der Waals surface area contributed by atoms with E-state index in [2.05, 4.69) is 27.4 Å². The molecule has 0 radical (unpaired) electrons. The molecule has 1 aliphatic carbocycles. The summed E-state index contributed by atoms with van der Waals surface area (Å²) in [4.78, 5) is 21.3. The third kappa shape index (κ3) is 5.23. The second-order valence-electron chi connectivity index (χ2n) is 7.54. The molecule has 7 heteroatoms. The average molecular weight is 423 g/mol. The fourth-order valence-corrected chi connectivity index (χ4v) is 4.45. The molecule has 0 spiro atoms. The Bertz CT molecular complexity index is 988. The van der Waals surface area contributed by atoms with Gasteiger partial charge in [-0.05, 0) is 67.5 Å². The zero-order valence-electron chi connectivity index (χ0n) is 17.0. The number of rotatable bonds is 7. The summed E-state index contributed by atoms with van der Waals surface area (Å²) in [5.74, 6) is 0.421. The maximum atomic E-state index is 12.8. The summed E-state index contributed by atoms with van der Waals surface area (Å²) in [6.07, 6.45) is 14.7. The lowest BCUT2D eigenvalue weighted by Crippen LogP contribution is -2.19. The number of allylic oxidation sites excluding steroid dienone is 1. The fraction of sp³-hybridized carbons (Fsp3) is 0.348. The van der Waals surface area contributed by atoms with E-state index in [-0.39, 0.29) is 5.91 Å². The minimum atomic E-state index is -0.156. The summed E-state index contributed by atoms with van der Waals surface area (Å²) < 4.78 is 7.36. The highest BCUT2D eigenvalue weighted by molar-refractivity contribution is 7.14. The van der Waals surface area contributed by atoms with Crippen LogP contribution < -0.4 is 5.32 Å². The molecule has 1 fully saturated rings. The van der Waals surface area contributed by atoms with E-state index in [0.717, 1.165) is 36.9 Å². The SMILES string of the molecule is CO[C@H]1CC[C@@H](/C=C/c2csc(NC(=O)c3cccn3Cc3ccncc3)n2)CC1. The Morgan fingerprint density at radius 1 is 1.27 bits per heavy atom. The summed E-state index contributed by atoms with van der Waals surface area (Å²) in [5, 5.41) is 5.51. The minimum absolute atomic E-state index is 0.156. The third-order valence-electron chi connectivity index (χ3n) is 5.50. The van der Waals surface area contributed by atoms with E-state index in [4.69, 9.17) is 4.74 Å². The van der Waals surface area contributed by atoms with Gasteiger partial charge in [-0.2, -0.15) is 0 Å². The van der Waals surface area contributed by atoms with Crippen LogP contribution >= 0.6 is 11.3 Å². The van der Waals surface area contributed by atoms with Crippen LogP contribution in [0, 0.1) is 5.92 Å². The molecular formula is C23H26N4O2S. The van der Waals surface area contributed by atoms with Gasteiger partial charge in [0.05, 0.1) is 11.8 Å². The average Bonchev–Trinajstić information content (AvgIpc) is 3.43. The monoisotopic (exact) mass is 422 g/mol. The predicted molar refractivity (Wildman–Crippen MR) is 120 cm³/mol. The number of hydrogen-bond acceptors (Lipinski definition) is 5. The first-order valence-corrected chi connectivity index (χ1v) is 11.1. The van der Waals surface area contributed by atoms with E-state index >= 15 is 0 Å². The highest BCUT2D eigenvalue weighted by Gasteiger charge is 2.19. The van der Waals surface area contributed by atoms with Crippen molar-refractivity contribution < 1.29 is 9.53 Å². The number of carbonyl (C=O) groups excluding carboxylic acids is 1. The van der Waals surface area contributed by atoms with Gasteiger partial charge in [-0.1, -0.05) is 6.08 Å².